The lowest BCUT2D eigenvalue weighted by molar-refractivity contribution is -0.126. The van der Waals surface area contributed by atoms with Gasteiger partial charge < -0.3 is 14.2 Å². The lowest BCUT2D eigenvalue weighted by Gasteiger charge is -2.12. The fourth-order valence-electron chi connectivity index (χ4n) is 3.62. The number of pyridine rings is 2. The highest BCUT2D eigenvalue weighted by Crippen LogP contribution is 2.36. The lowest BCUT2D eigenvalue weighted by atomic mass is 10.0. The van der Waals surface area contributed by atoms with Crippen LogP contribution in [0.5, 0.6) is 23.0 Å². The van der Waals surface area contributed by atoms with Gasteiger partial charge in [-0.25, -0.2) is 0 Å². The number of Topliss-reactive ketones (excluding diaryl/α,β-unsaturated/α-hetero) is 2. The number of ether oxygens (including phenoxy) is 3. The smallest absolute Gasteiger partial charge is 0.162 e. The highest BCUT2D eigenvalue weighted by Gasteiger charge is 2.13. The normalized spacial score (nSPS) is 10.7. The number of hydrogen-bond donors (Lipinski definition) is 0. The molecular weight excluding hydrogens is 468 g/mol. The van der Waals surface area contributed by atoms with Gasteiger partial charge in [0.05, 0.1) is 31.2 Å². The molecule has 0 atom stereocenters. The van der Waals surface area contributed by atoms with Crippen LogP contribution < -0.4 is 14.2 Å². The molecule has 0 bridgehead atoms. The Labute approximate surface area is 207 Å². The molecule has 0 radical (unpaired) electrons. The maximum Gasteiger partial charge on any atom is 0.162 e. The second kappa shape index (κ2) is 11.0. The van der Waals surface area contributed by atoms with Crippen molar-refractivity contribution < 1.29 is 23.8 Å². The average Bonchev–Trinajstić information content (AvgIpc) is 2.85. The fourth-order valence-corrected chi connectivity index (χ4v) is 3.74. The zero-order valence-corrected chi connectivity index (χ0v) is 20.0. The number of nitrogens with zero attached hydrogens (tertiary/aromatic N) is 2. The molecule has 0 aliphatic heterocycles. The van der Waals surface area contributed by atoms with E-state index >= 15 is 0 Å². The molecule has 7 nitrogen and oxygen atoms in total. The molecule has 0 saturated carbocycles. The third-order valence-electron chi connectivity index (χ3n) is 5.32. The highest BCUT2D eigenvalue weighted by atomic mass is 35.5. The SMILES string of the molecule is COc1cc2nccc(Oc3ccc(CC(=O)CC(=O)Cc4ccc(Cl)cn4)cc3)c2cc1OC. The monoisotopic (exact) mass is 490 g/mol. The minimum Gasteiger partial charge on any atom is -0.493 e. The topological polar surface area (TPSA) is 87.6 Å². The Morgan fingerprint density at radius 3 is 2.23 bits per heavy atom. The number of ketones is 2. The number of rotatable bonds is 10. The van der Waals surface area contributed by atoms with Crippen LogP contribution in [0.1, 0.15) is 17.7 Å². The Kier molecular flexibility index (Phi) is 7.57. The molecule has 2 heterocycles. The van der Waals surface area contributed by atoms with Crippen molar-refractivity contribution in [3.05, 3.63) is 83.3 Å². The minimum absolute atomic E-state index is 0.103. The van der Waals surface area contributed by atoms with Crippen molar-refractivity contribution in [3.8, 4) is 23.0 Å². The molecular formula is C27H23ClN2O5. The number of halogens is 1. The number of fused-ring (bicyclic) bond motifs is 1. The molecule has 178 valence electrons. The average molecular weight is 491 g/mol. The van der Waals surface area contributed by atoms with Crippen molar-refractivity contribution in [1.29, 1.82) is 0 Å². The van der Waals surface area contributed by atoms with E-state index in [2.05, 4.69) is 9.97 Å². The number of aromatic nitrogens is 2. The van der Waals surface area contributed by atoms with E-state index in [1.165, 1.54) is 6.20 Å². The van der Waals surface area contributed by atoms with Crippen LogP contribution in [0.2, 0.25) is 5.02 Å². The predicted molar refractivity (Wildman–Crippen MR) is 133 cm³/mol. The van der Waals surface area contributed by atoms with Gasteiger partial charge in [-0.15, -0.1) is 0 Å². The third-order valence-corrected chi connectivity index (χ3v) is 5.54. The number of benzene rings is 2. The molecule has 4 rings (SSSR count). The molecule has 0 N–H and O–H groups in total. The van der Waals surface area contributed by atoms with Gasteiger partial charge in [0.15, 0.2) is 11.5 Å². The van der Waals surface area contributed by atoms with Crippen molar-refractivity contribution in [1.82, 2.24) is 9.97 Å². The van der Waals surface area contributed by atoms with Gasteiger partial charge in [-0.1, -0.05) is 23.7 Å². The first-order chi connectivity index (χ1) is 16.9. The molecule has 0 aliphatic rings. The zero-order valence-electron chi connectivity index (χ0n) is 19.3. The zero-order chi connectivity index (χ0) is 24.8. The van der Waals surface area contributed by atoms with Gasteiger partial charge in [0.2, 0.25) is 0 Å². The van der Waals surface area contributed by atoms with Gasteiger partial charge in [0, 0.05) is 42.4 Å². The predicted octanol–water partition coefficient (Wildman–Crippen LogP) is 5.41. The molecule has 2 aromatic carbocycles. The number of carbonyl (C=O) groups excluding carboxylic acids is 2. The Morgan fingerprint density at radius 2 is 1.54 bits per heavy atom. The van der Waals surface area contributed by atoms with Crippen LogP contribution in [0.15, 0.2) is 67.0 Å². The van der Waals surface area contributed by atoms with Gasteiger partial charge in [-0.3, -0.25) is 19.6 Å². The molecule has 35 heavy (non-hydrogen) atoms. The summed E-state index contributed by atoms with van der Waals surface area (Å²) in [7, 11) is 3.14. The van der Waals surface area contributed by atoms with E-state index in [0.29, 0.717) is 39.2 Å². The van der Waals surface area contributed by atoms with Crippen LogP contribution in [0, 0.1) is 0 Å². The molecule has 0 saturated heterocycles. The van der Waals surface area contributed by atoms with Crippen molar-refractivity contribution in [2.45, 2.75) is 19.3 Å². The first kappa shape index (κ1) is 24.2. The number of methoxy groups -OCH3 is 2. The summed E-state index contributed by atoms with van der Waals surface area (Å²) in [6.45, 7) is 0. The summed E-state index contributed by atoms with van der Waals surface area (Å²) in [6, 6.07) is 15.9. The maximum atomic E-state index is 12.4. The van der Waals surface area contributed by atoms with Gasteiger partial charge >= 0.3 is 0 Å². The minimum atomic E-state index is -0.179. The Hall–Kier alpha value is -3.97. The van der Waals surface area contributed by atoms with Crippen LogP contribution in [0.25, 0.3) is 10.9 Å². The Bertz CT molecular complexity index is 1350. The van der Waals surface area contributed by atoms with Crippen molar-refractivity contribution in [2.75, 3.05) is 14.2 Å². The van der Waals surface area contributed by atoms with E-state index in [-0.39, 0.29) is 30.8 Å². The summed E-state index contributed by atoms with van der Waals surface area (Å²) in [5, 5.41) is 1.28. The van der Waals surface area contributed by atoms with Gasteiger partial charge in [0.25, 0.3) is 0 Å². The summed E-state index contributed by atoms with van der Waals surface area (Å²) < 4.78 is 16.8. The number of hydrogen-bond acceptors (Lipinski definition) is 7. The maximum absolute atomic E-state index is 12.4. The van der Waals surface area contributed by atoms with E-state index < -0.39 is 0 Å². The third kappa shape index (κ3) is 6.13. The van der Waals surface area contributed by atoms with E-state index in [9.17, 15) is 9.59 Å². The number of carbonyl (C=O) groups is 2. The molecule has 0 unspecified atom stereocenters. The lowest BCUT2D eigenvalue weighted by Crippen LogP contribution is -2.13. The second-order valence-electron chi connectivity index (χ2n) is 7.85. The molecule has 8 heteroatoms. The van der Waals surface area contributed by atoms with Crippen LogP contribution >= 0.6 is 11.6 Å². The molecule has 4 aromatic rings. The van der Waals surface area contributed by atoms with Gasteiger partial charge in [-0.2, -0.15) is 0 Å². The second-order valence-corrected chi connectivity index (χ2v) is 8.29. The molecule has 2 aromatic heterocycles. The quantitative estimate of drug-likeness (QED) is 0.275. The van der Waals surface area contributed by atoms with Crippen molar-refractivity contribution >= 4 is 34.1 Å². The van der Waals surface area contributed by atoms with E-state index in [1.807, 2.05) is 18.2 Å². The summed E-state index contributed by atoms with van der Waals surface area (Å²) in [4.78, 5) is 33.1. The van der Waals surface area contributed by atoms with Crippen LogP contribution in [0.3, 0.4) is 0 Å². The van der Waals surface area contributed by atoms with E-state index in [0.717, 1.165) is 10.9 Å². The van der Waals surface area contributed by atoms with E-state index in [4.69, 9.17) is 25.8 Å². The fraction of sp³-hybridized carbons (Fsp3) is 0.185. The van der Waals surface area contributed by atoms with Crippen LogP contribution in [-0.4, -0.2) is 35.8 Å². The Morgan fingerprint density at radius 1 is 0.829 bits per heavy atom. The van der Waals surface area contributed by atoms with Crippen LogP contribution in [-0.2, 0) is 22.4 Å². The molecule has 0 amide bonds. The first-order valence-corrected chi connectivity index (χ1v) is 11.2. The summed E-state index contributed by atoms with van der Waals surface area (Å²) >= 11 is 5.81. The van der Waals surface area contributed by atoms with Gasteiger partial charge in [0.1, 0.15) is 23.1 Å². The first-order valence-electron chi connectivity index (χ1n) is 10.9. The molecule has 0 aliphatic carbocycles. The van der Waals surface area contributed by atoms with Crippen molar-refractivity contribution in [2.24, 2.45) is 0 Å². The van der Waals surface area contributed by atoms with Crippen molar-refractivity contribution in [3.63, 3.8) is 0 Å². The Balaban J connectivity index is 1.39. The highest BCUT2D eigenvalue weighted by molar-refractivity contribution is 6.30. The molecule has 0 spiro atoms. The van der Waals surface area contributed by atoms with Crippen LogP contribution in [0.4, 0.5) is 0 Å². The standard InChI is InChI=1S/C27H23ClN2O5/c1-33-26-14-23-24(15-27(26)34-2)29-10-9-25(23)35-22-7-3-17(4-8-22)11-20(31)13-21(32)12-19-6-5-18(28)16-30-19/h3-10,14-16H,11-13H2,1-2H3. The van der Waals surface area contributed by atoms with Gasteiger partial charge in [-0.05, 0) is 42.0 Å². The largest absolute Gasteiger partial charge is 0.493 e. The molecule has 0 fully saturated rings. The summed E-state index contributed by atoms with van der Waals surface area (Å²) in [5.74, 6) is 2.05. The summed E-state index contributed by atoms with van der Waals surface area (Å²) in [6.07, 6.45) is 3.27. The summed E-state index contributed by atoms with van der Waals surface area (Å²) in [5.41, 5.74) is 2.10. The van der Waals surface area contributed by atoms with E-state index in [1.54, 1.807) is 56.8 Å².